The van der Waals surface area contributed by atoms with Crippen molar-refractivity contribution in [3.8, 4) is 5.69 Å². The molecule has 3 aromatic rings. The highest BCUT2D eigenvalue weighted by atomic mass is 16.3. The minimum absolute atomic E-state index is 0.0909. The van der Waals surface area contributed by atoms with Crippen molar-refractivity contribution in [2.75, 3.05) is 42.9 Å². The van der Waals surface area contributed by atoms with Gasteiger partial charge < -0.3 is 25.5 Å². The maximum Gasteiger partial charge on any atom is 0.260 e. The van der Waals surface area contributed by atoms with E-state index in [0.717, 1.165) is 11.3 Å². The molecule has 2 aliphatic heterocycles. The SMILES string of the molecule is CC(C)NC[C@@](O)(C(=O)N1CCN(c2ncnc3c2C(C)C(=O)N3)CC1)c1ccc(-n2cccn2)cc1. The molecule has 5 rings (SSSR count). The molecule has 0 aliphatic carbocycles. The lowest BCUT2D eigenvalue weighted by molar-refractivity contribution is -0.152. The number of aromatic nitrogens is 4. The highest BCUT2D eigenvalue weighted by Crippen LogP contribution is 2.37. The third-order valence-electron chi connectivity index (χ3n) is 7.03. The van der Waals surface area contributed by atoms with Crippen LogP contribution in [0.3, 0.4) is 0 Å². The van der Waals surface area contributed by atoms with E-state index < -0.39 is 5.60 Å². The average molecular weight is 505 g/mol. The van der Waals surface area contributed by atoms with E-state index in [0.29, 0.717) is 43.4 Å². The van der Waals surface area contributed by atoms with E-state index in [2.05, 4.69) is 30.6 Å². The highest BCUT2D eigenvalue weighted by Gasteiger charge is 2.42. The van der Waals surface area contributed by atoms with Gasteiger partial charge in [-0.05, 0) is 30.7 Å². The van der Waals surface area contributed by atoms with Gasteiger partial charge in [0.2, 0.25) is 5.91 Å². The van der Waals surface area contributed by atoms with Gasteiger partial charge in [0.15, 0.2) is 5.60 Å². The Balaban J connectivity index is 1.34. The Bertz CT molecular complexity index is 1270. The number of fused-ring (bicyclic) bond motifs is 1. The molecule has 3 N–H and O–H groups in total. The van der Waals surface area contributed by atoms with E-state index in [1.54, 1.807) is 27.9 Å². The molecule has 11 heteroatoms. The topological polar surface area (TPSA) is 129 Å². The number of anilines is 2. The molecule has 1 unspecified atom stereocenters. The first-order valence-electron chi connectivity index (χ1n) is 12.5. The molecule has 1 fully saturated rings. The lowest BCUT2D eigenvalue weighted by atomic mass is 9.91. The molecular weight excluding hydrogens is 472 g/mol. The maximum atomic E-state index is 13.8. The molecule has 1 saturated heterocycles. The fourth-order valence-corrected chi connectivity index (χ4v) is 4.84. The molecule has 2 amide bonds. The first-order valence-corrected chi connectivity index (χ1v) is 12.5. The summed E-state index contributed by atoms with van der Waals surface area (Å²) in [7, 11) is 0. The van der Waals surface area contributed by atoms with Gasteiger partial charge in [0, 0.05) is 56.7 Å². The van der Waals surface area contributed by atoms with E-state index >= 15 is 0 Å². The minimum Gasteiger partial charge on any atom is -0.374 e. The second-order valence-corrected chi connectivity index (χ2v) is 9.84. The Morgan fingerprint density at radius 2 is 1.92 bits per heavy atom. The number of amides is 2. The van der Waals surface area contributed by atoms with Crippen LogP contribution in [-0.4, -0.2) is 80.3 Å². The van der Waals surface area contributed by atoms with Crippen LogP contribution in [0, 0.1) is 0 Å². The van der Waals surface area contributed by atoms with E-state index in [1.165, 1.54) is 6.33 Å². The van der Waals surface area contributed by atoms with Crippen LogP contribution in [0.2, 0.25) is 0 Å². The zero-order chi connectivity index (χ0) is 26.2. The van der Waals surface area contributed by atoms with Crippen molar-refractivity contribution >= 4 is 23.5 Å². The van der Waals surface area contributed by atoms with Gasteiger partial charge in [0.05, 0.1) is 11.6 Å². The van der Waals surface area contributed by atoms with E-state index in [9.17, 15) is 14.7 Å². The number of nitrogens with zero attached hydrogens (tertiary/aromatic N) is 6. The van der Waals surface area contributed by atoms with Crippen molar-refractivity contribution in [3.63, 3.8) is 0 Å². The molecular formula is C26H32N8O3. The lowest BCUT2D eigenvalue weighted by Crippen LogP contribution is -2.58. The summed E-state index contributed by atoms with van der Waals surface area (Å²) in [6, 6.07) is 9.19. The van der Waals surface area contributed by atoms with Crippen molar-refractivity contribution in [3.05, 3.63) is 60.2 Å². The normalized spacial score (nSPS) is 19.1. The number of aliphatic hydroxyl groups is 1. The quantitative estimate of drug-likeness (QED) is 0.439. The monoisotopic (exact) mass is 504 g/mol. The first-order chi connectivity index (χ1) is 17.8. The lowest BCUT2D eigenvalue weighted by Gasteiger charge is -2.40. The van der Waals surface area contributed by atoms with Crippen LogP contribution in [0.5, 0.6) is 0 Å². The Morgan fingerprint density at radius 1 is 1.19 bits per heavy atom. The highest BCUT2D eigenvalue weighted by molar-refractivity contribution is 6.03. The van der Waals surface area contributed by atoms with Crippen molar-refractivity contribution in [1.82, 2.24) is 30.0 Å². The molecule has 11 nitrogen and oxygen atoms in total. The van der Waals surface area contributed by atoms with Crippen molar-refractivity contribution < 1.29 is 14.7 Å². The average Bonchev–Trinajstić information content (AvgIpc) is 3.55. The molecule has 2 atom stereocenters. The number of rotatable bonds is 7. The number of benzene rings is 1. The Labute approximate surface area is 215 Å². The van der Waals surface area contributed by atoms with Gasteiger partial charge >= 0.3 is 0 Å². The summed E-state index contributed by atoms with van der Waals surface area (Å²) in [5.41, 5.74) is 0.433. The maximum absolute atomic E-state index is 13.8. The molecule has 0 saturated carbocycles. The van der Waals surface area contributed by atoms with Crippen LogP contribution in [0.25, 0.3) is 5.69 Å². The fourth-order valence-electron chi connectivity index (χ4n) is 4.84. The van der Waals surface area contributed by atoms with E-state index in [-0.39, 0.29) is 30.3 Å². The molecule has 0 spiro atoms. The van der Waals surface area contributed by atoms with Crippen LogP contribution >= 0.6 is 0 Å². The summed E-state index contributed by atoms with van der Waals surface area (Å²) in [5, 5.41) is 22.1. The third-order valence-corrected chi connectivity index (χ3v) is 7.03. The number of carbonyl (C=O) groups excluding carboxylic acids is 2. The molecule has 37 heavy (non-hydrogen) atoms. The van der Waals surface area contributed by atoms with Gasteiger partial charge in [-0.2, -0.15) is 5.10 Å². The van der Waals surface area contributed by atoms with Crippen LogP contribution in [-0.2, 0) is 15.2 Å². The zero-order valence-corrected chi connectivity index (χ0v) is 21.3. The number of carbonyl (C=O) groups is 2. The molecule has 0 bridgehead atoms. The minimum atomic E-state index is -1.73. The number of hydrogen-bond donors (Lipinski definition) is 3. The van der Waals surface area contributed by atoms with Gasteiger partial charge in [0.1, 0.15) is 18.0 Å². The van der Waals surface area contributed by atoms with Crippen LogP contribution in [0.1, 0.15) is 37.8 Å². The number of nitrogens with one attached hydrogen (secondary N) is 2. The summed E-state index contributed by atoms with van der Waals surface area (Å²) < 4.78 is 1.73. The Hall–Kier alpha value is -3.83. The largest absolute Gasteiger partial charge is 0.374 e. The molecule has 2 aromatic heterocycles. The van der Waals surface area contributed by atoms with Gasteiger partial charge in [-0.15, -0.1) is 0 Å². The van der Waals surface area contributed by atoms with Crippen molar-refractivity contribution in [2.45, 2.75) is 38.3 Å². The third kappa shape index (κ3) is 4.67. The second-order valence-electron chi connectivity index (χ2n) is 9.84. The van der Waals surface area contributed by atoms with Crippen LogP contribution < -0.4 is 15.5 Å². The summed E-state index contributed by atoms with van der Waals surface area (Å²) in [5.74, 6) is 0.502. The van der Waals surface area contributed by atoms with Crippen molar-refractivity contribution in [2.24, 2.45) is 0 Å². The summed E-state index contributed by atoms with van der Waals surface area (Å²) >= 11 is 0. The molecule has 4 heterocycles. The zero-order valence-electron chi connectivity index (χ0n) is 21.3. The van der Waals surface area contributed by atoms with Gasteiger partial charge in [0.25, 0.3) is 5.91 Å². The predicted molar refractivity (Wildman–Crippen MR) is 138 cm³/mol. The number of hydrogen-bond acceptors (Lipinski definition) is 8. The first kappa shape index (κ1) is 24.8. The summed E-state index contributed by atoms with van der Waals surface area (Å²) in [6.45, 7) is 7.79. The summed E-state index contributed by atoms with van der Waals surface area (Å²) in [6.07, 6.45) is 4.99. The molecule has 1 aromatic carbocycles. The van der Waals surface area contributed by atoms with E-state index in [1.807, 2.05) is 45.2 Å². The second kappa shape index (κ2) is 9.91. The van der Waals surface area contributed by atoms with Crippen LogP contribution in [0.4, 0.5) is 11.6 Å². The van der Waals surface area contributed by atoms with Gasteiger partial charge in [-0.3, -0.25) is 9.59 Å². The Morgan fingerprint density at radius 3 is 2.57 bits per heavy atom. The standard InChI is InChI=1S/C26H32N8O3/c1-17(2)27-15-26(37,19-5-7-20(8-6-19)34-10-4-9-30-34)25(36)33-13-11-32(12-14-33)23-21-18(3)24(35)31-22(21)28-16-29-23/h4-10,16-18,27,37H,11-15H2,1-3H3,(H,28,29,31,35)/t18?,26-/m0/s1. The molecule has 194 valence electrons. The van der Waals surface area contributed by atoms with Crippen LogP contribution in [0.15, 0.2) is 49.1 Å². The molecule has 2 aliphatic rings. The summed E-state index contributed by atoms with van der Waals surface area (Å²) in [4.78, 5) is 38.4. The van der Waals surface area contributed by atoms with Gasteiger partial charge in [-0.1, -0.05) is 26.0 Å². The predicted octanol–water partition coefficient (Wildman–Crippen LogP) is 1.25. The Kier molecular flexibility index (Phi) is 6.65. The van der Waals surface area contributed by atoms with Gasteiger partial charge in [-0.25, -0.2) is 14.6 Å². The molecule has 0 radical (unpaired) electrons. The number of piperazine rings is 1. The smallest absolute Gasteiger partial charge is 0.260 e. The van der Waals surface area contributed by atoms with Crippen molar-refractivity contribution in [1.29, 1.82) is 0 Å². The van der Waals surface area contributed by atoms with E-state index in [4.69, 9.17) is 0 Å². The fraction of sp³-hybridized carbons (Fsp3) is 0.423.